The van der Waals surface area contributed by atoms with E-state index in [2.05, 4.69) is 32.7 Å². The molecule has 0 N–H and O–H groups in total. The van der Waals surface area contributed by atoms with Gasteiger partial charge in [-0.3, -0.25) is 14.5 Å². The highest BCUT2D eigenvalue weighted by Crippen LogP contribution is 2.19. The number of hydrogen-bond donors (Lipinski definition) is 0. The number of pyridine rings is 1. The normalized spacial score (nSPS) is 14.8. The molecule has 0 atom stereocenters. The SMILES string of the molecule is Cn1ncc2c1CCCN(C(=O)c1cncc(I)c1)C2. The molecule has 3 heterocycles. The largest absolute Gasteiger partial charge is 0.334 e. The Morgan fingerprint density at radius 1 is 1.35 bits per heavy atom. The molecule has 6 heteroatoms. The van der Waals surface area contributed by atoms with Crippen LogP contribution in [0.25, 0.3) is 0 Å². The van der Waals surface area contributed by atoms with Crippen molar-refractivity contribution in [2.75, 3.05) is 6.54 Å². The highest BCUT2D eigenvalue weighted by molar-refractivity contribution is 14.1. The summed E-state index contributed by atoms with van der Waals surface area (Å²) >= 11 is 2.17. The second-order valence-electron chi connectivity index (χ2n) is 4.96. The summed E-state index contributed by atoms with van der Waals surface area (Å²) in [7, 11) is 1.96. The average Bonchev–Trinajstić information content (AvgIpc) is 2.67. The molecule has 2 aromatic heterocycles. The van der Waals surface area contributed by atoms with Crippen LogP contribution in [-0.2, 0) is 20.0 Å². The van der Waals surface area contributed by atoms with Crippen LogP contribution in [-0.4, -0.2) is 32.1 Å². The van der Waals surface area contributed by atoms with Crippen molar-refractivity contribution in [2.45, 2.75) is 19.4 Å². The van der Waals surface area contributed by atoms with Gasteiger partial charge in [-0.15, -0.1) is 0 Å². The van der Waals surface area contributed by atoms with Crippen LogP contribution in [0.1, 0.15) is 28.0 Å². The van der Waals surface area contributed by atoms with E-state index in [1.807, 2.05) is 28.9 Å². The number of nitrogens with zero attached hydrogens (tertiary/aromatic N) is 4. The number of carbonyl (C=O) groups excluding carboxylic acids is 1. The summed E-state index contributed by atoms with van der Waals surface area (Å²) in [6.07, 6.45) is 7.20. The molecule has 0 fully saturated rings. The molecule has 0 aromatic carbocycles. The van der Waals surface area contributed by atoms with Crippen LogP contribution in [0.2, 0.25) is 0 Å². The summed E-state index contributed by atoms with van der Waals surface area (Å²) in [4.78, 5) is 18.6. The molecule has 0 saturated heterocycles. The number of halogens is 1. The van der Waals surface area contributed by atoms with Crippen molar-refractivity contribution in [2.24, 2.45) is 7.05 Å². The molecule has 5 nitrogen and oxygen atoms in total. The Morgan fingerprint density at radius 3 is 3.00 bits per heavy atom. The summed E-state index contributed by atoms with van der Waals surface area (Å²) in [6.45, 7) is 1.41. The third kappa shape index (κ3) is 2.56. The smallest absolute Gasteiger partial charge is 0.255 e. The van der Waals surface area contributed by atoms with Crippen LogP contribution in [0.4, 0.5) is 0 Å². The summed E-state index contributed by atoms with van der Waals surface area (Å²) in [5, 5.41) is 4.29. The summed E-state index contributed by atoms with van der Waals surface area (Å²) < 4.78 is 2.89. The Morgan fingerprint density at radius 2 is 2.20 bits per heavy atom. The fraction of sp³-hybridized carbons (Fsp3) is 0.357. The maximum Gasteiger partial charge on any atom is 0.255 e. The van der Waals surface area contributed by atoms with Gasteiger partial charge in [0.05, 0.1) is 11.8 Å². The van der Waals surface area contributed by atoms with E-state index in [1.54, 1.807) is 12.4 Å². The number of carbonyl (C=O) groups is 1. The Balaban J connectivity index is 1.86. The lowest BCUT2D eigenvalue weighted by Gasteiger charge is -2.20. The van der Waals surface area contributed by atoms with Crippen LogP contribution >= 0.6 is 22.6 Å². The van der Waals surface area contributed by atoms with Crippen molar-refractivity contribution in [1.29, 1.82) is 0 Å². The average molecular weight is 382 g/mol. The van der Waals surface area contributed by atoms with Gasteiger partial charge >= 0.3 is 0 Å². The van der Waals surface area contributed by atoms with E-state index in [9.17, 15) is 4.79 Å². The van der Waals surface area contributed by atoms with Crippen molar-refractivity contribution in [3.63, 3.8) is 0 Å². The van der Waals surface area contributed by atoms with Crippen LogP contribution < -0.4 is 0 Å². The zero-order valence-electron chi connectivity index (χ0n) is 11.2. The highest BCUT2D eigenvalue weighted by Gasteiger charge is 2.22. The first-order chi connectivity index (χ1) is 9.65. The van der Waals surface area contributed by atoms with Crippen molar-refractivity contribution < 1.29 is 4.79 Å². The molecule has 0 unspecified atom stereocenters. The first-order valence-corrected chi connectivity index (χ1v) is 7.62. The Labute approximate surface area is 131 Å². The molecular weight excluding hydrogens is 367 g/mol. The number of rotatable bonds is 1. The van der Waals surface area contributed by atoms with Gasteiger partial charge in [0.2, 0.25) is 0 Å². The molecule has 0 aliphatic carbocycles. The second kappa shape index (κ2) is 5.51. The maximum absolute atomic E-state index is 12.6. The third-order valence-corrected chi connectivity index (χ3v) is 4.18. The van der Waals surface area contributed by atoms with Gasteiger partial charge in [0, 0.05) is 47.4 Å². The minimum Gasteiger partial charge on any atom is -0.334 e. The highest BCUT2D eigenvalue weighted by atomic mass is 127. The molecule has 0 spiro atoms. The van der Waals surface area contributed by atoms with Crippen LogP contribution in [0.5, 0.6) is 0 Å². The van der Waals surface area contributed by atoms with E-state index in [0.717, 1.165) is 28.5 Å². The predicted octanol–water partition coefficient (Wildman–Crippen LogP) is 2.01. The fourth-order valence-corrected chi connectivity index (χ4v) is 3.07. The minimum atomic E-state index is 0.0488. The van der Waals surface area contributed by atoms with Gasteiger partial charge in [-0.2, -0.15) is 5.10 Å². The molecule has 1 amide bonds. The number of fused-ring (bicyclic) bond motifs is 1. The lowest BCUT2D eigenvalue weighted by atomic mass is 10.2. The molecule has 1 aliphatic heterocycles. The number of aryl methyl sites for hydroxylation is 1. The van der Waals surface area contributed by atoms with Crippen LogP contribution in [0.15, 0.2) is 24.7 Å². The van der Waals surface area contributed by atoms with Gasteiger partial charge in [0.25, 0.3) is 5.91 Å². The van der Waals surface area contributed by atoms with Gasteiger partial charge in [0.15, 0.2) is 0 Å². The topological polar surface area (TPSA) is 51.0 Å². The second-order valence-corrected chi connectivity index (χ2v) is 6.21. The Bertz CT molecular complexity index is 652. The molecule has 2 aromatic rings. The Kier molecular flexibility index (Phi) is 3.73. The van der Waals surface area contributed by atoms with Gasteiger partial charge < -0.3 is 4.90 Å². The molecule has 20 heavy (non-hydrogen) atoms. The molecule has 1 aliphatic rings. The fourth-order valence-electron chi connectivity index (χ4n) is 2.57. The summed E-state index contributed by atoms with van der Waals surface area (Å²) in [5.41, 5.74) is 3.04. The summed E-state index contributed by atoms with van der Waals surface area (Å²) in [5.74, 6) is 0.0488. The quantitative estimate of drug-likeness (QED) is 0.710. The molecule has 104 valence electrons. The van der Waals surface area contributed by atoms with Crippen molar-refractivity contribution in [3.05, 3.63) is 45.0 Å². The van der Waals surface area contributed by atoms with Gasteiger partial charge in [-0.25, -0.2) is 0 Å². The standard InChI is InChI=1S/C14H15IN4O/c1-18-13-3-2-4-19(9-11(13)7-17-18)14(20)10-5-12(15)8-16-6-10/h5-8H,2-4,9H2,1H3. The van der Waals surface area contributed by atoms with Crippen LogP contribution in [0, 0.1) is 3.57 Å². The molecular formula is C14H15IN4O. The van der Waals surface area contributed by atoms with E-state index in [-0.39, 0.29) is 5.91 Å². The zero-order chi connectivity index (χ0) is 14.1. The summed E-state index contributed by atoms with van der Waals surface area (Å²) in [6, 6.07) is 1.88. The number of amides is 1. The van der Waals surface area contributed by atoms with Gasteiger partial charge in [0.1, 0.15) is 0 Å². The molecule has 0 saturated carbocycles. The molecule has 0 bridgehead atoms. The molecule has 0 radical (unpaired) electrons. The van der Waals surface area contributed by atoms with E-state index in [1.165, 1.54) is 5.69 Å². The minimum absolute atomic E-state index is 0.0488. The predicted molar refractivity (Wildman–Crippen MR) is 83.2 cm³/mol. The first kappa shape index (κ1) is 13.5. The van der Waals surface area contributed by atoms with E-state index >= 15 is 0 Å². The van der Waals surface area contributed by atoms with Crippen LogP contribution in [0.3, 0.4) is 0 Å². The first-order valence-electron chi connectivity index (χ1n) is 6.55. The molecule has 3 rings (SSSR count). The van der Waals surface area contributed by atoms with E-state index in [0.29, 0.717) is 12.1 Å². The number of hydrogen-bond acceptors (Lipinski definition) is 3. The van der Waals surface area contributed by atoms with Gasteiger partial charge in [-0.05, 0) is 41.5 Å². The monoisotopic (exact) mass is 382 g/mol. The third-order valence-electron chi connectivity index (χ3n) is 3.59. The maximum atomic E-state index is 12.6. The van der Waals surface area contributed by atoms with E-state index < -0.39 is 0 Å². The Hall–Kier alpha value is -1.44. The van der Waals surface area contributed by atoms with Gasteiger partial charge in [-0.1, -0.05) is 0 Å². The van der Waals surface area contributed by atoms with E-state index in [4.69, 9.17) is 0 Å². The van der Waals surface area contributed by atoms with Crippen molar-refractivity contribution >= 4 is 28.5 Å². The number of aromatic nitrogens is 3. The lowest BCUT2D eigenvalue weighted by molar-refractivity contribution is 0.0745. The lowest BCUT2D eigenvalue weighted by Crippen LogP contribution is -2.30. The van der Waals surface area contributed by atoms with Crippen molar-refractivity contribution in [3.8, 4) is 0 Å². The zero-order valence-corrected chi connectivity index (χ0v) is 13.4. The van der Waals surface area contributed by atoms with Crippen molar-refractivity contribution in [1.82, 2.24) is 19.7 Å².